The molecule has 0 saturated heterocycles. The zero-order valence-electron chi connectivity index (χ0n) is 16.5. The summed E-state index contributed by atoms with van der Waals surface area (Å²) in [5, 5.41) is 16.4. The molecule has 4 rings (SSSR count). The monoisotopic (exact) mass is 390 g/mol. The van der Waals surface area contributed by atoms with Crippen molar-refractivity contribution >= 4 is 16.8 Å². The van der Waals surface area contributed by atoms with Gasteiger partial charge in [0.1, 0.15) is 11.4 Å². The predicted molar refractivity (Wildman–Crippen MR) is 109 cm³/mol. The number of hydrogen-bond donors (Lipinski definition) is 1. The van der Waals surface area contributed by atoms with Crippen molar-refractivity contribution in [2.75, 3.05) is 7.11 Å². The molecule has 0 aliphatic rings. The number of carbonyl (C=O) groups excluding carboxylic acids is 1. The van der Waals surface area contributed by atoms with Gasteiger partial charge in [-0.3, -0.25) is 9.48 Å². The average Bonchev–Trinajstić information content (AvgIpc) is 3.39. The van der Waals surface area contributed by atoms with Crippen LogP contribution in [0.5, 0.6) is 5.75 Å². The molecule has 0 saturated carbocycles. The van der Waals surface area contributed by atoms with Crippen LogP contribution in [0, 0.1) is 0 Å². The van der Waals surface area contributed by atoms with Gasteiger partial charge in [-0.1, -0.05) is 11.3 Å². The van der Waals surface area contributed by atoms with Gasteiger partial charge in [0.2, 0.25) is 0 Å². The third kappa shape index (κ3) is 3.69. The molecule has 0 radical (unpaired) electrons. The van der Waals surface area contributed by atoms with Gasteiger partial charge in [-0.15, -0.1) is 5.10 Å². The molecule has 8 heteroatoms. The van der Waals surface area contributed by atoms with E-state index in [9.17, 15) is 4.79 Å². The number of nitrogens with one attached hydrogen (secondary N) is 1. The molecule has 0 unspecified atom stereocenters. The minimum Gasteiger partial charge on any atom is -0.497 e. The Morgan fingerprint density at radius 3 is 2.69 bits per heavy atom. The average molecular weight is 390 g/mol. The van der Waals surface area contributed by atoms with E-state index in [0.29, 0.717) is 11.3 Å². The van der Waals surface area contributed by atoms with E-state index in [4.69, 9.17) is 4.74 Å². The first-order valence-corrected chi connectivity index (χ1v) is 9.37. The maximum atomic E-state index is 12.7. The molecule has 2 aromatic heterocycles. The van der Waals surface area contributed by atoms with E-state index >= 15 is 0 Å². The molecule has 8 nitrogen and oxygen atoms in total. The van der Waals surface area contributed by atoms with E-state index in [1.807, 2.05) is 41.1 Å². The maximum Gasteiger partial charge on any atom is 0.252 e. The number of methoxy groups -OCH3 is 1. The first-order valence-electron chi connectivity index (χ1n) is 9.37. The minimum atomic E-state index is -0.169. The molecule has 0 aliphatic heterocycles. The Morgan fingerprint density at radius 1 is 1.17 bits per heavy atom. The van der Waals surface area contributed by atoms with Crippen LogP contribution in [-0.4, -0.2) is 37.8 Å². The lowest BCUT2D eigenvalue weighted by Crippen LogP contribution is -2.23. The van der Waals surface area contributed by atoms with Crippen molar-refractivity contribution in [1.29, 1.82) is 0 Å². The number of aromatic nitrogens is 5. The Morgan fingerprint density at radius 2 is 1.97 bits per heavy atom. The SMILES string of the molecule is COc1ccc(-n2cc(CNC(=O)c3cccc4c3cnn4C(C)C)nn2)cc1. The van der Waals surface area contributed by atoms with Gasteiger partial charge in [0.05, 0.1) is 42.8 Å². The van der Waals surface area contributed by atoms with Crippen LogP contribution in [0.3, 0.4) is 0 Å². The van der Waals surface area contributed by atoms with E-state index in [1.54, 1.807) is 30.3 Å². The Kier molecular flexibility index (Phi) is 4.99. The molecular weight excluding hydrogens is 368 g/mol. The van der Waals surface area contributed by atoms with Crippen molar-refractivity contribution in [3.63, 3.8) is 0 Å². The van der Waals surface area contributed by atoms with E-state index in [-0.39, 0.29) is 18.5 Å². The van der Waals surface area contributed by atoms with Gasteiger partial charge in [-0.05, 0) is 50.2 Å². The lowest BCUT2D eigenvalue weighted by molar-refractivity contribution is 0.0952. The molecule has 148 valence electrons. The molecule has 29 heavy (non-hydrogen) atoms. The normalized spacial score (nSPS) is 11.2. The van der Waals surface area contributed by atoms with Crippen molar-refractivity contribution in [1.82, 2.24) is 30.1 Å². The largest absolute Gasteiger partial charge is 0.497 e. The molecule has 2 aromatic carbocycles. The highest BCUT2D eigenvalue weighted by Gasteiger charge is 2.14. The Bertz CT molecular complexity index is 1140. The quantitative estimate of drug-likeness (QED) is 0.547. The molecule has 2 heterocycles. The number of fused-ring (bicyclic) bond motifs is 1. The molecule has 0 spiro atoms. The van der Waals surface area contributed by atoms with Crippen LogP contribution in [0.25, 0.3) is 16.6 Å². The van der Waals surface area contributed by atoms with Gasteiger partial charge in [-0.2, -0.15) is 5.10 Å². The number of amides is 1. The van der Waals surface area contributed by atoms with Gasteiger partial charge in [0, 0.05) is 11.4 Å². The second kappa shape index (κ2) is 7.75. The second-order valence-corrected chi connectivity index (χ2v) is 6.96. The highest BCUT2D eigenvalue weighted by atomic mass is 16.5. The summed E-state index contributed by atoms with van der Waals surface area (Å²) < 4.78 is 8.73. The van der Waals surface area contributed by atoms with Gasteiger partial charge < -0.3 is 10.1 Å². The van der Waals surface area contributed by atoms with Crippen molar-refractivity contribution in [3.05, 3.63) is 66.1 Å². The molecule has 0 atom stereocenters. The molecule has 0 fully saturated rings. The highest BCUT2D eigenvalue weighted by molar-refractivity contribution is 6.06. The fourth-order valence-electron chi connectivity index (χ4n) is 3.19. The van der Waals surface area contributed by atoms with Crippen molar-refractivity contribution in [2.45, 2.75) is 26.4 Å². The summed E-state index contributed by atoms with van der Waals surface area (Å²) in [6.45, 7) is 4.40. The smallest absolute Gasteiger partial charge is 0.252 e. The van der Waals surface area contributed by atoms with Crippen molar-refractivity contribution in [2.24, 2.45) is 0 Å². The second-order valence-electron chi connectivity index (χ2n) is 6.96. The zero-order valence-corrected chi connectivity index (χ0v) is 16.5. The topological polar surface area (TPSA) is 86.9 Å². The van der Waals surface area contributed by atoms with Crippen LogP contribution in [-0.2, 0) is 6.54 Å². The van der Waals surface area contributed by atoms with E-state index in [0.717, 1.165) is 22.3 Å². The van der Waals surface area contributed by atoms with Crippen molar-refractivity contribution in [3.8, 4) is 11.4 Å². The molecular formula is C21H22N6O2. The number of nitrogens with zero attached hydrogens (tertiary/aromatic N) is 5. The molecule has 0 aliphatic carbocycles. The molecule has 1 amide bonds. The number of benzene rings is 2. The highest BCUT2D eigenvalue weighted by Crippen LogP contribution is 2.21. The fourth-order valence-corrected chi connectivity index (χ4v) is 3.19. The van der Waals surface area contributed by atoms with Gasteiger partial charge in [0.25, 0.3) is 5.91 Å². The Hall–Kier alpha value is -3.68. The van der Waals surface area contributed by atoms with E-state index < -0.39 is 0 Å². The standard InChI is InChI=1S/C21H22N6O2/c1-14(2)27-20-6-4-5-18(19(20)12-23-27)21(28)22-11-15-13-26(25-24-15)16-7-9-17(29-3)10-8-16/h4-10,12-14H,11H2,1-3H3,(H,22,28). The first kappa shape index (κ1) is 18.7. The lowest BCUT2D eigenvalue weighted by Gasteiger charge is -2.08. The lowest BCUT2D eigenvalue weighted by atomic mass is 10.1. The summed E-state index contributed by atoms with van der Waals surface area (Å²) in [5.74, 6) is 0.606. The van der Waals surface area contributed by atoms with Crippen LogP contribution in [0.1, 0.15) is 35.9 Å². The number of hydrogen-bond acceptors (Lipinski definition) is 5. The van der Waals surface area contributed by atoms with Gasteiger partial charge in [-0.25, -0.2) is 4.68 Å². The third-order valence-corrected chi connectivity index (χ3v) is 4.68. The zero-order chi connectivity index (χ0) is 20.4. The van der Waals surface area contributed by atoms with Crippen molar-refractivity contribution < 1.29 is 9.53 Å². The predicted octanol–water partition coefficient (Wildman–Crippen LogP) is 3.14. The van der Waals surface area contributed by atoms with Crippen LogP contribution in [0.2, 0.25) is 0 Å². The third-order valence-electron chi connectivity index (χ3n) is 4.68. The van der Waals surface area contributed by atoms with E-state index in [2.05, 4.69) is 34.6 Å². The van der Waals surface area contributed by atoms with Crippen LogP contribution < -0.4 is 10.1 Å². The van der Waals surface area contributed by atoms with Gasteiger partial charge >= 0.3 is 0 Å². The molecule has 1 N–H and O–H groups in total. The summed E-state index contributed by atoms with van der Waals surface area (Å²) in [6, 6.07) is 13.4. The first-order chi connectivity index (χ1) is 14.1. The summed E-state index contributed by atoms with van der Waals surface area (Å²) in [5.41, 5.74) is 3.07. The number of ether oxygens (including phenoxy) is 1. The summed E-state index contributed by atoms with van der Waals surface area (Å²) in [6.07, 6.45) is 3.53. The summed E-state index contributed by atoms with van der Waals surface area (Å²) in [4.78, 5) is 12.7. The minimum absolute atomic E-state index is 0.169. The number of rotatable bonds is 6. The maximum absolute atomic E-state index is 12.7. The van der Waals surface area contributed by atoms with Crippen LogP contribution in [0.4, 0.5) is 0 Å². The molecule has 0 bridgehead atoms. The van der Waals surface area contributed by atoms with Crippen LogP contribution in [0.15, 0.2) is 54.9 Å². The summed E-state index contributed by atoms with van der Waals surface area (Å²) in [7, 11) is 1.62. The Labute approximate surface area is 168 Å². The van der Waals surface area contributed by atoms with Crippen LogP contribution >= 0.6 is 0 Å². The molecule has 4 aromatic rings. The van der Waals surface area contributed by atoms with Gasteiger partial charge in [0.15, 0.2) is 0 Å². The fraction of sp³-hybridized carbons (Fsp3) is 0.238. The number of carbonyl (C=O) groups is 1. The Balaban J connectivity index is 1.48. The van der Waals surface area contributed by atoms with E-state index in [1.165, 1.54) is 0 Å². The summed E-state index contributed by atoms with van der Waals surface area (Å²) >= 11 is 0.